The van der Waals surface area contributed by atoms with Gasteiger partial charge in [0.05, 0.1) is 23.1 Å². The zero-order valence-corrected chi connectivity index (χ0v) is 18.8. The van der Waals surface area contributed by atoms with Gasteiger partial charge < -0.3 is 18.6 Å². The number of carbonyl (C=O) groups excluding carboxylic acids is 2. The fourth-order valence-corrected chi connectivity index (χ4v) is 3.26. The number of fused-ring (bicyclic) bond motifs is 1. The highest BCUT2D eigenvalue weighted by molar-refractivity contribution is 6.30. The van der Waals surface area contributed by atoms with Gasteiger partial charge in [0.2, 0.25) is 11.2 Å². The molecule has 0 N–H and O–H groups in total. The molecule has 7 nitrogen and oxygen atoms in total. The van der Waals surface area contributed by atoms with Crippen molar-refractivity contribution >= 4 is 34.5 Å². The third-order valence-electron chi connectivity index (χ3n) is 4.74. The lowest BCUT2D eigenvalue weighted by molar-refractivity contribution is 0.0504. The molecule has 4 aromatic rings. The fraction of sp³-hybridized carbons (Fsp3) is 0.115. The molecule has 0 aliphatic heterocycles. The van der Waals surface area contributed by atoms with Crippen molar-refractivity contribution in [1.82, 2.24) is 0 Å². The van der Waals surface area contributed by atoms with Gasteiger partial charge in [0.25, 0.3) is 0 Å². The van der Waals surface area contributed by atoms with E-state index in [0.717, 1.165) is 6.42 Å². The van der Waals surface area contributed by atoms with E-state index in [4.69, 9.17) is 30.2 Å². The maximum absolute atomic E-state index is 12.8. The van der Waals surface area contributed by atoms with Crippen molar-refractivity contribution in [2.45, 2.75) is 13.3 Å². The van der Waals surface area contributed by atoms with Gasteiger partial charge >= 0.3 is 11.9 Å². The smallest absolute Gasteiger partial charge is 0.343 e. The first kappa shape index (κ1) is 23.1. The molecule has 172 valence electrons. The summed E-state index contributed by atoms with van der Waals surface area (Å²) in [5, 5.41) is 0.664. The third-order valence-corrected chi connectivity index (χ3v) is 4.98. The number of rotatable bonds is 7. The summed E-state index contributed by atoms with van der Waals surface area (Å²) in [6, 6.07) is 17.0. The van der Waals surface area contributed by atoms with Crippen molar-refractivity contribution in [2.75, 3.05) is 6.61 Å². The minimum absolute atomic E-state index is 0.0301. The van der Waals surface area contributed by atoms with Gasteiger partial charge in [0.1, 0.15) is 23.3 Å². The van der Waals surface area contributed by atoms with Gasteiger partial charge in [-0.2, -0.15) is 0 Å². The van der Waals surface area contributed by atoms with Crippen molar-refractivity contribution in [3.63, 3.8) is 0 Å². The van der Waals surface area contributed by atoms with Crippen LogP contribution < -0.4 is 14.9 Å². The predicted molar refractivity (Wildman–Crippen MR) is 126 cm³/mol. The molecule has 0 saturated heterocycles. The minimum Gasteiger partial charge on any atom is -0.462 e. The Hall–Kier alpha value is -4.10. The molecule has 0 unspecified atom stereocenters. The Kier molecular flexibility index (Phi) is 6.94. The Labute approximate surface area is 199 Å². The standard InChI is InChI=1S/C26H19ClO7/c1-2-12-31-25(29)16-6-8-19(9-7-16)33-23-15-32-22-14-20(10-11-21(22)24(23)28)34-26(30)17-4-3-5-18(27)13-17/h3-11,13-15H,2,12H2,1H3. The van der Waals surface area contributed by atoms with Gasteiger partial charge in [-0.3, -0.25) is 4.79 Å². The largest absolute Gasteiger partial charge is 0.462 e. The van der Waals surface area contributed by atoms with Gasteiger partial charge in [0.15, 0.2) is 0 Å². The summed E-state index contributed by atoms with van der Waals surface area (Å²) >= 11 is 5.91. The van der Waals surface area contributed by atoms with Crippen LogP contribution in [0.2, 0.25) is 5.02 Å². The van der Waals surface area contributed by atoms with Gasteiger partial charge in [-0.1, -0.05) is 24.6 Å². The summed E-state index contributed by atoms with van der Waals surface area (Å²) in [5.74, 6) is -0.486. The zero-order valence-electron chi connectivity index (χ0n) is 18.1. The van der Waals surface area contributed by atoms with E-state index in [1.165, 1.54) is 30.5 Å². The second-order valence-electron chi connectivity index (χ2n) is 7.25. The highest BCUT2D eigenvalue weighted by Crippen LogP contribution is 2.25. The number of halogens is 1. The van der Waals surface area contributed by atoms with Crippen LogP contribution in [0.3, 0.4) is 0 Å². The average molecular weight is 479 g/mol. The number of esters is 2. The highest BCUT2D eigenvalue weighted by Gasteiger charge is 2.14. The topological polar surface area (TPSA) is 92.0 Å². The summed E-state index contributed by atoms with van der Waals surface area (Å²) in [5.41, 5.74) is 0.497. The minimum atomic E-state index is -0.592. The van der Waals surface area contributed by atoms with E-state index in [0.29, 0.717) is 28.5 Å². The maximum atomic E-state index is 12.8. The van der Waals surface area contributed by atoms with E-state index < -0.39 is 17.4 Å². The zero-order chi connectivity index (χ0) is 24.1. The molecule has 3 aromatic carbocycles. The molecule has 0 fully saturated rings. The molecular weight excluding hydrogens is 460 g/mol. The molecular formula is C26H19ClO7. The highest BCUT2D eigenvalue weighted by atomic mass is 35.5. The molecule has 4 rings (SSSR count). The molecule has 1 heterocycles. The molecule has 0 spiro atoms. The van der Waals surface area contributed by atoms with Crippen molar-refractivity contribution in [1.29, 1.82) is 0 Å². The van der Waals surface area contributed by atoms with E-state index in [-0.39, 0.29) is 22.5 Å². The van der Waals surface area contributed by atoms with Gasteiger partial charge in [-0.25, -0.2) is 9.59 Å². The lowest BCUT2D eigenvalue weighted by atomic mass is 10.2. The van der Waals surface area contributed by atoms with Crippen molar-refractivity contribution in [2.24, 2.45) is 0 Å². The Bertz CT molecular complexity index is 1410. The average Bonchev–Trinajstić information content (AvgIpc) is 2.84. The first-order chi connectivity index (χ1) is 16.4. The second kappa shape index (κ2) is 10.2. The number of ether oxygens (including phenoxy) is 3. The fourth-order valence-electron chi connectivity index (χ4n) is 3.07. The van der Waals surface area contributed by atoms with Crippen molar-refractivity contribution < 1.29 is 28.2 Å². The first-order valence-electron chi connectivity index (χ1n) is 10.4. The molecule has 0 bridgehead atoms. The maximum Gasteiger partial charge on any atom is 0.343 e. The van der Waals surface area contributed by atoms with Crippen LogP contribution in [0.15, 0.2) is 82.2 Å². The lowest BCUT2D eigenvalue weighted by Crippen LogP contribution is -2.09. The van der Waals surface area contributed by atoms with E-state index in [1.54, 1.807) is 42.5 Å². The van der Waals surface area contributed by atoms with Gasteiger partial charge in [0, 0.05) is 11.1 Å². The van der Waals surface area contributed by atoms with E-state index in [1.807, 2.05) is 6.92 Å². The van der Waals surface area contributed by atoms with Gasteiger partial charge in [-0.15, -0.1) is 0 Å². The molecule has 34 heavy (non-hydrogen) atoms. The Morgan fingerprint density at radius 1 is 0.912 bits per heavy atom. The van der Waals surface area contributed by atoms with Crippen LogP contribution in [-0.2, 0) is 4.74 Å². The van der Waals surface area contributed by atoms with Gasteiger partial charge in [-0.05, 0) is 61.0 Å². The number of benzene rings is 3. The predicted octanol–water partition coefficient (Wildman–Crippen LogP) is 6.02. The monoisotopic (exact) mass is 478 g/mol. The quantitative estimate of drug-likeness (QED) is 0.236. The van der Waals surface area contributed by atoms with Crippen LogP contribution >= 0.6 is 11.6 Å². The van der Waals surface area contributed by atoms with Crippen molar-refractivity contribution in [3.8, 4) is 17.2 Å². The molecule has 8 heteroatoms. The van der Waals surface area contributed by atoms with Crippen LogP contribution in [0.5, 0.6) is 17.2 Å². The Balaban J connectivity index is 1.50. The van der Waals surface area contributed by atoms with Crippen LogP contribution in [0.1, 0.15) is 34.1 Å². The number of carbonyl (C=O) groups is 2. The summed E-state index contributed by atoms with van der Waals surface area (Å²) in [7, 11) is 0. The molecule has 0 atom stereocenters. The third kappa shape index (κ3) is 5.27. The summed E-state index contributed by atoms with van der Waals surface area (Å²) in [4.78, 5) is 37.1. The molecule has 0 aliphatic rings. The van der Waals surface area contributed by atoms with Crippen LogP contribution in [-0.4, -0.2) is 18.5 Å². The Morgan fingerprint density at radius 3 is 2.41 bits per heavy atom. The van der Waals surface area contributed by atoms with Crippen molar-refractivity contribution in [3.05, 3.63) is 99.4 Å². The van der Waals surface area contributed by atoms with E-state index in [9.17, 15) is 14.4 Å². The normalized spacial score (nSPS) is 10.6. The number of hydrogen-bond acceptors (Lipinski definition) is 7. The molecule has 0 aliphatic carbocycles. The molecule has 0 amide bonds. The van der Waals surface area contributed by atoms with Crippen LogP contribution in [0.25, 0.3) is 11.0 Å². The summed E-state index contributed by atoms with van der Waals surface area (Å²) < 4.78 is 21.6. The van der Waals surface area contributed by atoms with E-state index in [2.05, 4.69) is 0 Å². The van der Waals surface area contributed by atoms with Crippen LogP contribution in [0, 0.1) is 0 Å². The molecule has 0 saturated carbocycles. The summed E-state index contributed by atoms with van der Waals surface area (Å²) in [6.45, 7) is 2.25. The second-order valence-corrected chi connectivity index (χ2v) is 7.69. The SMILES string of the molecule is CCCOC(=O)c1ccc(Oc2coc3cc(OC(=O)c4cccc(Cl)c4)ccc3c2=O)cc1. The lowest BCUT2D eigenvalue weighted by Gasteiger charge is -2.08. The Morgan fingerprint density at radius 2 is 1.68 bits per heavy atom. The molecule has 0 radical (unpaired) electrons. The number of hydrogen-bond donors (Lipinski definition) is 0. The first-order valence-corrected chi connectivity index (χ1v) is 10.8. The molecule has 1 aromatic heterocycles. The van der Waals surface area contributed by atoms with Crippen LogP contribution in [0.4, 0.5) is 0 Å². The van der Waals surface area contributed by atoms with E-state index >= 15 is 0 Å². The summed E-state index contributed by atoms with van der Waals surface area (Å²) in [6.07, 6.45) is 1.91.